The third-order valence-corrected chi connectivity index (χ3v) is 4.20. The van der Waals surface area contributed by atoms with E-state index in [1.807, 2.05) is 19.1 Å². The van der Waals surface area contributed by atoms with E-state index in [0.717, 1.165) is 24.4 Å². The van der Waals surface area contributed by atoms with Gasteiger partial charge in [-0.25, -0.2) is 0 Å². The lowest BCUT2D eigenvalue weighted by atomic mass is 9.61. The maximum atomic E-state index is 12.6. The van der Waals surface area contributed by atoms with Crippen molar-refractivity contribution in [2.24, 2.45) is 17.1 Å². The fraction of sp³-hybridized carbons (Fsp3) is 0.571. The van der Waals surface area contributed by atoms with E-state index in [1.54, 1.807) is 11.9 Å². The van der Waals surface area contributed by atoms with Gasteiger partial charge in [-0.05, 0) is 37.8 Å². The molecule has 2 rings (SSSR count). The van der Waals surface area contributed by atoms with E-state index in [0.29, 0.717) is 17.5 Å². The lowest BCUT2D eigenvalue weighted by molar-refractivity contribution is -0.143. The van der Waals surface area contributed by atoms with Gasteiger partial charge in [0.15, 0.2) is 0 Å². The van der Waals surface area contributed by atoms with Gasteiger partial charge in [0.2, 0.25) is 5.91 Å². The number of amides is 1. The van der Waals surface area contributed by atoms with Crippen LogP contribution in [0.15, 0.2) is 16.5 Å². The molecule has 0 spiro atoms. The quantitative estimate of drug-likeness (QED) is 0.859. The molecule has 1 fully saturated rings. The van der Waals surface area contributed by atoms with Gasteiger partial charge in [0.05, 0.1) is 16.9 Å². The number of carbonyl (C=O) groups is 1. The predicted molar refractivity (Wildman–Crippen MR) is 77.5 cm³/mol. The Morgan fingerprint density at radius 2 is 2.21 bits per heavy atom. The Kier molecular flexibility index (Phi) is 3.67. The Bertz CT molecular complexity index is 503. The average Bonchev–Trinajstić information content (AvgIpc) is 2.68. The Balaban J connectivity index is 2.08. The van der Waals surface area contributed by atoms with E-state index in [4.69, 9.17) is 22.4 Å². The highest BCUT2D eigenvalue weighted by Gasteiger charge is 2.52. The van der Waals surface area contributed by atoms with E-state index < -0.39 is 5.41 Å². The monoisotopic (exact) mass is 280 g/mol. The molecule has 1 aromatic heterocycles. The van der Waals surface area contributed by atoms with Crippen LogP contribution < -0.4 is 5.73 Å². The van der Waals surface area contributed by atoms with Crippen LogP contribution in [-0.4, -0.2) is 22.8 Å². The second kappa shape index (κ2) is 4.96. The molecule has 4 nitrogen and oxygen atoms in total. The summed E-state index contributed by atoms with van der Waals surface area (Å²) in [6.45, 7) is 4.44. The van der Waals surface area contributed by atoms with Gasteiger partial charge in [-0.1, -0.05) is 19.1 Å². The van der Waals surface area contributed by atoms with Gasteiger partial charge in [-0.3, -0.25) is 4.79 Å². The molecular formula is C14H20N2O2S. The molecule has 19 heavy (non-hydrogen) atoms. The molecule has 0 radical (unpaired) electrons. The summed E-state index contributed by atoms with van der Waals surface area (Å²) in [4.78, 5) is 14.5. The Morgan fingerprint density at radius 3 is 2.63 bits per heavy atom. The number of hydrogen-bond acceptors (Lipinski definition) is 3. The molecule has 0 aliphatic heterocycles. The smallest absolute Gasteiger partial charge is 0.235 e. The maximum Gasteiger partial charge on any atom is 0.235 e. The second-order valence-corrected chi connectivity index (χ2v) is 6.07. The zero-order valence-electron chi connectivity index (χ0n) is 11.6. The first kappa shape index (κ1) is 14.1. The van der Waals surface area contributed by atoms with Crippen LogP contribution in [0.2, 0.25) is 0 Å². The van der Waals surface area contributed by atoms with Crippen LogP contribution >= 0.6 is 12.2 Å². The molecule has 104 valence electrons. The Labute approximate surface area is 118 Å². The first-order valence-corrected chi connectivity index (χ1v) is 6.87. The third kappa shape index (κ3) is 2.52. The number of hydrogen-bond donors (Lipinski definition) is 1. The summed E-state index contributed by atoms with van der Waals surface area (Å²) in [5.74, 6) is 2.13. The molecule has 1 saturated carbocycles. The summed E-state index contributed by atoms with van der Waals surface area (Å²) >= 11 is 5.10. The van der Waals surface area contributed by atoms with Gasteiger partial charge in [-0.15, -0.1) is 0 Å². The van der Waals surface area contributed by atoms with Crippen molar-refractivity contribution in [2.75, 3.05) is 7.05 Å². The highest BCUT2D eigenvalue weighted by molar-refractivity contribution is 7.80. The number of furan rings is 1. The van der Waals surface area contributed by atoms with Crippen molar-refractivity contribution in [2.45, 2.75) is 33.2 Å². The van der Waals surface area contributed by atoms with Crippen LogP contribution in [0.25, 0.3) is 0 Å². The highest BCUT2D eigenvalue weighted by atomic mass is 32.1. The van der Waals surface area contributed by atoms with E-state index >= 15 is 0 Å². The lowest BCUT2D eigenvalue weighted by Crippen LogP contribution is -2.56. The van der Waals surface area contributed by atoms with E-state index in [9.17, 15) is 4.79 Å². The van der Waals surface area contributed by atoms with Crippen molar-refractivity contribution in [3.8, 4) is 0 Å². The van der Waals surface area contributed by atoms with Crippen molar-refractivity contribution >= 4 is 23.1 Å². The summed E-state index contributed by atoms with van der Waals surface area (Å²) in [6.07, 6.45) is 1.51. The first-order valence-electron chi connectivity index (χ1n) is 6.46. The summed E-state index contributed by atoms with van der Waals surface area (Å²) in [5, 5.41) is 0. The minimum Gasteiger partial charge on any atom is -0.464 e. The topological polar surface area (TPSA) is 59.5 Å². The largest absolute Gasteiger partial charge is 0.464 e. The molecule has 0 atom stereocenters. The van der Waals surface area contributed by atoms with E-state index in [-0.39, 0.29) is 5.91 Å². The van der Waals surface area contributed by atoms with Crippen LogP contribution in [0.1, 0.15) is 31.3 Å². The molecule has 5 heteroatoms. The Morgan fingerprint density at radius 1 is 1.58 bits per heavy atom. The molecule has 0 bridgehead atoms. The van der Waals surface area contributed by atoms with Crippen molar-refractivity contribution in [3.05, 3.63) is 23.7 Å². The normalized spacial score (nSPS) is 25.7. The van der Waals surface area contributed by atoms with Crippen LogP contribution in [0.5, 0.6) is 0 Å². The van der Waals surface area contributed by atoms with Crippen LogP contribution in [0.3, 0.4) is 0 Å². The zero-order valence-corrected chi connectivity index (χ0v) is 12.4. The number of nitrogens with two attached hydrogens (primary N) is 1. The van der Waals surface area contributed by atoms with Gasteiger partial charge >= 0.3 is 0 Å². The molecule has 1 aliphatic rings. The third-order valence-electron chi connectivity index (χ3n) is 3.81. The maximum absolute atomic E-state index is 12.6. The minimum absolute atomic E-state index is 0.00662. The molecule has 0 unspecified atom stereocenters. The number of nitrogens with zero attached hydrogens (tertiary/aromatic N) is 1. The SMILES string of the molecule is Cc1ccc(CN(C)C(=O)C2(C(N)=S)CC(C)C2)o1. The fourth-order valence-corrected chi connectivity index (χ4v) is 3.11. The minimum atomic E-state index is -0.634. The number of rotatable bonds is 4. The molecule has 1 amide bonds. The summed E-state index contributed by atoms with van der Waals surface area (Å²) in [7, 11) is 1.77. The van der Waals surface area contributed by atoms with Crippen molar-refractivity contribution in [1.29, 1.82) is 0 Å². The number of thiocarbonyl (C=S) groups is 1. The zero-order chi connectivity index (χ0) is 14.2. The van der Waals surface area contributed by atoms with Crippen molar-refractivity contribution in [1.82, 2.24) is 4.90 Å². The summed E-state index contributed by atoms with van der Waals surface area (Å²) in [6, 6.07) is 3.78. The standard InChI is InChI=1S/C14H20N2O2S/c1-9-6-14(7-9,12(15)19)13(17)16(3)8-11-5-4-10(2)18-11/h4-5,9H,6-8H2,1-3H3,(H2,15,19). The molecule has 0 saturated heterocycles. The predicted octanol–water partition coefficient (Wildman–Crippen LogP) is 2.25. The van der Waals surface area contributed by atoms with Crippen molar-refractivity contribution in [3.63, 3.8) is 0 Å². The lowest BCUT2D eigenvalue weighted by Gasteiger charge is -2.45. The second-order valence-electron chi connectivity index (χ2n) is 5.63. The van der Waals surface area contributed by atoms with E-state index in [2.05, 4.69) is 6.92 Å². The van der Waals surface area contributed by atoms with Gasteiger partial charge in [0.1, 0.15) is 11.5 Å². The number of carbonyl (C=O) groups excluding carboxylic acids is 1. The van der Waals surface area contributed by atoms with Crippen LogP contribution in [0, 0.1) is 18.3 Å². The van der Waals surface area contributed by atoms with Gasteiger partial charge < -0.3 is 15.1 Å². The van der Waals surface area contributed by atoms with Crippen LogP contribution in [-0.2, 0) is 11.3 Å². The van der Waals surface area contributed by atoms with Crippen molar-refractivity contribution < 1.29 is 9.21 Å². The fourth-order valence-electron chi connectivity index (χ4n) is 2.85. The molecule has 0 aromatic carbocycles. The molecular weight excluding hydrogens is 260 g/mol. The first-order chi connectivity index (χ1) is 8.85. The molecule has 1 aliphatic carbocycles. The summed E-state index contributed by atoms with van der Waals surface area (Å²) in [5.41, 5.74) is 5.16. The van der Waals surface area contributed by atoms with Gasteiger partial charge in [0.25, 0.3) is 0 Å². The van der Waals surface area contributed by atoms with Crippen LogP contribution in [0.4, 0.5) is 0 Å². The van der Waals surface area contributed by atoms with Gasteiger partial charge in [0, 0.05) is 7.05 Å². The number of aryl methyl sites for hydroxylation is 1. The summed E-state index contributed by atoms with van der Waals surface area (Å²) < 4.78 is 5.49. The average molecular weight is 280 g/mol. The molecule has 1 heterocycles. The van der Waals surface area contributed by atoms with E-state index in [1.165, 1.54) is 0 Å². The highest BCUT2D eigenvalue weighted by Crippen LogP contribution is 2.47. The molecule has 2 N–H and O–H groups in total. The molecule has 1 aromatic rings. The van der Waals surface area contributed by atoms with Gasteiger partial charge in [-0.2, -0.15) is 0 Å². The Hall–Kier alpha value is -1.36.